The van der Waals surface area contributed by atoms with Gasteiger partial charge in [-0.05, 0) is 25.0 Å². The number of para-hydroxylation sites is 2. The van der Waals surface area contributed by atoms with Gasteiger partial charge in [-0.1, -0.05) is 12.1 Å². The number of benzene rings is 1. The molecule has 0 saturated carbocycles. The zero-order chi connectivity index (χ0) is 14.8. The van der Waals surface area contributed by atoms with E-state index >= 15 is 0 Å². The Morgan fingerprint density at radius 2 is 2.10 bits per heavy atom. The maximum Gasteiger partial charge on any atom is 0.242 e. The van der Waals surface area contributed by atoms with Crippen molar-refractivity contribution in [2.24, 2.45) is 0 Å². The molecule has 1 amide bonds. The summed E-state index contributed by atoms with van der Waals surface area (Å²) < 4.78 is 29.7. The van der Waals surface area contributed by atoms with Crippen molar-refractivity contribution in [2.45, 2.75) is 18.9 Å². The minimum atomic E-state index is -3.36. The maximum atomic E-state index is 12.3. The monoisotopic (exact) mass is 298 g/mol. The van der Waals surface area contributed by atoms with Gasteiger partial charge in [-0.15, -0.1) is 0 Å². The van der Waals surface area contributed by atoms with Crippen LogP contribution in [0, 0.1) is 0 Å². The van der Waals surface area contributed by atoms with E-state index in [-0.39, 0.29) is 5.91 Å². The van der Waals surface area contributed by atoms with Crippen molar-refractivity contribution in [3.8, 4) is 5.75 Å². The average molecular weight is 298 g/mol. The molecule has 6 nitrogen and oxygen atoms in total. The van der Waals surface area contributed by atoms with Crippen LogP contribution in [0.5, 0.6) is 5.75 Å². The van der Waals surface area contributed by atoms with E-state index in [1.165, 1.54) is 11.4 Å². The highest BCUT2D eigenvalue weighted by atomic mass is 32.2. The fraction of sp³-hybridized carbons (Fsp3) is 0.462. The summed E-state index contributed by atoms with van der Waals surface area (Å²) in [6.45, 7) is 0.392. The Balaban J connectivity index is 2.16. The molecular weight excluding hydrogens is 280 g/mol. The molecule has 2 rings (SSSR count). The molecule has 1 N–H and O–H groups in total. The van der Waals surface area contributed by atoms with Gasteiger partial charge in [0, 0.05) is 6.54 Å². The molecule has 1 saturated heterocycles. The molecule has 0 bridgehead atoms. The van der Waals surface area contributed by atoms with E-state index in [4.69, 9.17) is 4.74 Å². The summed E-state index contributed by atoms with van der Waals surface area (Å²) in [5.41, 5.74) is 0.542. The normalized spacial score (nSPS) is 19.8. The van der Waals surface area contributed by atoms with E-state index in [1.807, 2.05) is 0 Å². The molecule has 1 fully saturated rings. The summed E-state index contributed by atoms with van der Waals surface area (Å²) in [5.74, 6) is 0.224. The Kier molecular flexibility index (Phi) is 4.29. The first kappa shape index (κ1) is 14.8. The number of nitrogens with zero attached hydrogens (tertiary/aromatic N) is 1. The standard InChI is InChI=1S/C13H18N2O4S/c1-19-12-8-4-3-6-10(12)14-13(16)11-7-5-9-15(11)20(2,17)18/h3-4,6,8,11H,5,7,9H2,1-2H3,(H,14,16). The van der Waals surface area contributed by atoms with Gasteiger partial charge >= 0.3 is 0 Å². The fourth-order valence-corrected chi connectivity index (χ4v) is 3.49. The highest BCUT2D eigenvalue weighted by Gasteiger charge is 2.36. The van der Waals surface area contributed by atoms with Crippen molar-refractivity contribution in [2.75, 3.05) is 25.2 Å². The number of carbonyl (C=O) groups is 1. The molecule has 0 aromatic heterocycles. The first-order chi connectivity index (χ1) is 9.43. The summed E-state index contributed by atoms with van der Waals surface area (Å²) in [5, 5.41) is 2.74. The number of carbonyl (C=O) groups excluding carboxylic acids is 1. The number of nitrogens with one attached hydrogen (secondary N) is 1. The van der Waals surface area contributed by atoms with E-state index in [2.05, 4.69) is 5.32 Å². The molecule has 1 atom stereocenters. The molecule has 20 heavy (non-hydrogen) atoms. The minimum Gasteiger partial charge on any atom is -0.495 e. The van der Waals surface area contributed by atoms with Gasteiger partial charge in [-0.3, -0.25) is 4.79 Å². The Bertz CT molecular complexity index is 600. The molecule has 0 spiro atoms. The van der Waals surface area contributed by atoms with Crippen molar-refractivity contribution in [3.05, 3.63) is 24.3 Å². The van der Waals surface area contributed by atoms with Crippen LogP contribution in [0.2, 0.25) is 0 Å². The summed E-state index contributed by atoms with van der Waals surface area (Å²) in [4.78, 5) is 12.3. The third-order valence-corrected chi connectivity index (χ3v) is 4.59. The van der Waals surface area contributed by atoms with Crippen LogP contribution < -0.4 is 10.1 Å². The molecule has 1 aromatic rings. The maximum absolute atomic E-state index is 12.3. The SMILES string of the molecule is COc1ccccc1NC(=O)C1CCCN1S(C)(=O)=O. The van der Waals surface area contributed by atoms with Gasteiger partial charge in [0.1, 0.15) is 11.8 Å². The lowest BCUT2D eigenvalue weighted by Gasteiger charge is -2.21. The molecule has 1 unspecified atom stereocenters. The second kappa shape index (κ2) is 5.80. The lowest BCUT2D eigenvalue weighted by atomic mass is 10.2. The third kappa shape index (κ3) is 3.10. The van der Waals surface area contributed by atoms with Crippen LogP contribution in [-0.4, -0.2) is 44.6 Å². The van der Waals surface area contributed by atoms with Crippen molar-refractivity contribution in [1.29, 1.82) is 0 Å². The zero-order valence-corrected chi connectivity index (χ0v) is 12.3. The fourth-order valence-electron chi connectivity index (χ4n) is 2.36. The Morgan fingerprint density at radius 1 is 1.40 bits per heavy atom. The summed E-state index contributed by atoms with van der Waals surface area (Å²) in [6, 6.07) is 6.39. The number of ether oxygens (including phenoxy) is 1. The molecule has 1 aliphatic rings. The van der Waals surface area contributed by atoms with E-state index in [1.54, 1.807) is 24.3 Å². The molecular formula is C13H18N2O4S. The Hall–Kier alpha value is -1.60. The van der Waals surface area contributed by atoms with Crippen molar-refractivity contribution >= 4 is 21.6 Å². The zero-order valence-electron chi connectivity index (χ0n) is 11.5. The topological polar surface area (TPSA) is 75.7 Å². The number of rotatable bonds is 4. The number of hydrogen-bond acceptors (Lipinski definition) is 4. The molecule has 0 aliphatic carbocycles. The Labute approximate surface area is 118 Å². The predicted octanol–water partition coefficient (Wildman–Crippen LogP) is 1.06. The van der Waals surface area contributed by atoms with Crippen molar-refractivity contribution < 1.29 is 17.9 Å². The van der Waals surface area contributed by atoms with Crippen LogP contribution >= 0.6 is 0 Å². The molecule has 1 aromatic carbocycles. The van der Waals surface area contributed by atoms with E-state index in [0.717, 1.165) is 6.26 Å². The van der Waals surface area contributed by atoms with Gasteiger partial charge in [0.15, 0.2) is 0 Å². The quantitative estimate of drug-likeness (QED) is 0.902. The van der Waals surface area contributed by atoms with E-state index < -0.39 is 16.1 Å². The lowest BCUT2D eigenvalue weighted by molar-refractivity contribution is -0.119. The van der Waals surface area contributed by atoms with Gasteiger partial charge in [0.2, 0.25) is 15.9 Å². The van der Waals surface area contributed by atoms with Crippen LogP contribution in [0.3, 0.4) is 0 Å². The van der Waals surface area contributed by atoms with E-state index in [0.29, 0.717) is 30.8 Å². The number of sulfonamides is 1. The minimum absolute atomic E-state index is 0.322. The molecule has 1 aliphatic heterocycles. The molecule has 7 heteroatoms. The second-order valence-electron chi connectivity index (χ2n) is 4.72. The predicted molar refractivity (Wildman–Crippen MR) is 76.2 cm³/mol. The summed E-state index contributed by atoms with van der Waals surface area (Å²) >= 11 is 0. The van der Waals surface area contributed by atoms with Crippen molar-refractivity contribution in [3.63, 3.8) is 0 Å². The van der Waals surface area contributed by atoms with Crippen LogP contribution in [0.4, 0.5) is 5.69 Å². The largest absolute Gasteiger partial charge is 0.495 e. The van der Waals surface area contributed by atoms with Crippen LogP contribution in [0.15, 0.2) is 24.3 Å². The van der Waals surface area contributed by atoms with Crippen LogP contribution in [0.25, 0.3) is 0 Å². The highest BCUT2D eigenvalue weighted by molar-refractivity contribution is 7.88. The summed E-state index contributed by atoms with van der Waals surface area (Å²) in [7, 11) is -1.85. The van der Waals surface area contributed by atoms with Gasteiger partial charge in [-0.2, -0.15) is 4.31 Å². The van der Waals surface area contributed by atoms with Crippen molar-refractivity contribution in [1.82, 2.24) is 4.31 Å². The number of methoxy groups -OCH3 is 1. The molecule has 110 valence electrons. The summed E-state index contributed by atoms with van der Waals surface area (Å²) in [6.07, 6.45) is 2.35. The first-order valence-electron chi connectivity index (χ1n) is 6.34. The molecule has 1 heterocycles. The van der Waals surface area contributed by atoms with Gasteiger partial charge in [0.05, 0.1) is 19.1 Å². The molecule has 0 radical (unpaired) electrons. The number of amides is 1. The third-order valence-electron chi connectivity index (χ3n) is 3.30. The lowest BCUT2D eigenvalue weighted by Crippen LogP contribution is -2.42. The number of hydrogen-bond donors (Lipinski definition) is 1. The smallest absolute Gasteiger partial charge is 0.242 e. The Morgan fingerprint density at radius 3 is 2.75 bits per heavy atom. The second-order valence-corrected chi connectivity index (χ2v) is 6.66. The van der Waals surface area contributed by atoms with E-state index in [9.17, 15) is 13.2 Å². The van der Waals surface area contributed by atoms with Gasteiger partial charge in [-0.25, -0.2) is 8.42 Å². The average Bonchev–Trinajstić information content (AvgIpc) is 2.88. The number of anilines is 1. The van der Waals surface area contributed by atoms with Crippen LogP contribution in [-0.2, 0) is 14.8 Å². The highest BCUT2D eigenvalue weighted by Crippen LogP contribution is 2.26. The van der Waals surface area contributed by atoms with Gasteiger partial charge in [0.25, 0.3) is 0 Å². The van der Waals surface area contributed by atoms with Gasteiger partial charge < -0.3 is 10.1 Å². The first-order valence-corrected chi connectivity index (χ1v) is 8.19. The van der Waals surface area contributed by atoms with Crippen LogP contribution in [0.1, 0.15) is 12.8 Å².